The number of carbonyl (C=O) groups excluding carboxylic acids is 4. The van der Waals surface area contributed by atoms with E-state index in [9.17, 15) is 19.2 Å². The van der Waals surface area contributed by atoms with Crippen LogP contribution in [0.3, 0.4) is 0 Å². The number of hydrogen-bond acceptors (Lipinski definition) is 4. The van der Waals surface area contributed by atoms with Gasteiger partial charge in [-0.2, -0.15) is 0 Å². The lowest BCUT2D eigenvalue weighted by atomic mass is 10.0. The molecular weight excluding hydrogens is 444 g/mol. The summed E-state index contributed by atoms with van der Waals surface area (Å²) < 4.78 is 0. The van der Waals surface area contributed by atoms with Crippen molar-refractivity contribution < 1.29 is 19.2 Å². The Morgan fingerprint density at radius 3 is 2.37 bits per heavy atom. The van der Waals surface area contributed by atoms with Crippen LogP contribution in [0.2, 0.25) is 0 Å². The number of fused-ring (bicyclic) bond motifs is 2. The highest BCUT2D eigenvalue weighted by Gasteiger charge is 2.21. The van der Waals surface area contributed by atoms with Gasteiger partial charge in [0.25, 0.3) is 11.7 Å². The van der Waals surface area contributed by atoms with E-state index in [0.29, 0.717) is 11.9 Å². The second-order valence-corrected chi connectivity index (χ2v) is 8.35. The molecule has 8 nitrogen and oxygen atoms in total. The molecule has 0 saturated heterocycles. The van der Waals surface area contributed by atoms with E-state index in [0.717, 1.165) is 21.9 Å². The minimum atomic E-state index is -0.870. The third kappa shape index (κ3) is 5.73. The minimum Gasteiger partial charge on any atom is -0.360 e. The van der Waals surface area contributed by atoms with Gasteiger partial charge in [-0.3, -0.25) is 19.2 Å². The van der Waals surface area contributed by atoms with Gasteiger partial charge in [0.1, 0.15) is 0 Å². The van der Waals surface area contributed by atoms with Crippen LogP contribution in [0.4, 0.5) is 0 Å². The predicted molar refractivity (Wildman–Crippen MR) is 134 cm³/mol. The molecular formula is C27H26N4O4. The molecule has 35 heavy (non-hydrogen) atoms. The molecule has 0 aliphatic heterocycles. The van der Waals surface area contributed by atoms with Crippen molar-refractivity contribution >= 4 is 45.2 Å². The highest BCUT2D eigenvalue weighted by Crippen LogP contribution is 2.19. The highest BCUT2D eigenvalue weighted by atomic mass is 16.2. The summed E-state index contributed by atoms with van der Waals surface area (Å²) in [6.45, 7) is 1.72. The van der Waals surface area contributed by atoms with Gasteiger partial charge in [-0.15, -0.1) is 0 Å². The van der Waals surface area contributed by atoms with Gasteiger partial charge >= 0.3 is 0 Å². The molecule has 1 unspecified atom stereocenters. The number of H-pyrrole nitrogens is 1. The Morgan fingerprint density at radius 1 is 0.829 bits per heavy atom. The molecule has 4 N–H and O–H groups in total. The maximum atomic E-state index is 12.5. The van der Waals surface area contributed by atoms with Crippen molar-refractivity contribution in [2.24, 2.45) is 0 Å². The fourth-order valence-corrected chi connectivity index (χ4v) is 3.99. The number of rotatable bonds is 9. The topological polar surface area (TPSA) is 120 Å². The minimum absolute atomic E-state index is 0.0821. The Hall–Kier alpha value is -4.46. The third-order valence-corrected chi connectivity index (χ3v) is 5.70. The standard InChI is InChI=1S/C27H26N4O4/c1-17(13-24(32)29-14-19-9-6-8-18-7-2-3-10-20(18)19)31-25(33)16-30-27(35)26(34)22-15-28-23-12-5-4-11-21(22)23/h2-12,15,17,28H,13-14,16H2,1H3,(H,29,32)(H,30,35)(H,31,33). The zero-order valence-electron chi connectivity index (χ0n) is 19.3. The van der Waals surface area contributed by atoms with Crippen LogP contribution in [-0.2, 0) is 20.9 Å². The number of nitrogens with one attached hydrogen (secondary N) is 4. The molecule has 1 aromatic heterocycles. The molecule has 0 fully saturated rings. The number of aromatic amines is 1. The van der Waals surface area contributed by atoms with Gasteiger partial charge in [-0.05, 0) is 29.3 Å². The zero-order valence-corrected chi connectivity index (χ0v) is 19.3. The van der Waals surface area contributed by atoms with Gasteiger partial charge in [0.2, 0.25) is 11.8 Å². The number of ketones is 1. The van der Waals surface area contributed by atoms with E-state index >= 15 is 0 Å². The second kappa shape index (κ2) is 10.6. The van der Waals surface area contributed by atoms with Crippen LogP contribution in [-0.4, -0.2) is 41.1 Å². The van der Waals surface area contributed by atoms with Crippen molar-refractivity contribution in [2.75, 3.05) is 6.54 Å². The summed E-state index contributed by atoms with van der Waals surface area (Å²) in [5, 5.41) is 10.7. The lowest BCUT2D eigenvalue weighted by Gasteiger charge is -2.14. The van der Waals surface area contributed by atoms with Crippen molar-refractivity contribution in [2.45, 2.75) is 25.9 Å². The average Bonchev–Trinajstić information content (AvgIpc) is 3.29. The van der Waals surface area contributed by atoms with Gasteiger partial charge < -0.3 is 20.9 Å². The number of aromatic nitrogens is 1. The number of hydrogen-bond donors (Lipinski definition) is 4. The van der Waals surface area contributed by atoms with Gasteiger partial charge in [0.15, 0.2) is 0 Å². The van der Waals surface area contributed by atoms with E-state index < -0.39 is 23.6 Å². The van der Waals surface area contributed by atoms with Crippen molar-refractivity contribution in [1.82, 2.24) is 20.9 Å². The summed E-state index contributed by atoms with van der Waals surface area (Å²) in [6.07, 6.45) is 1.56. The Balaban J connectivity index is 1.22. The van der Waals surface area contributed by atoms with E-state index in [1.165, 1.54) is 6.20 Å². The van der Waals surface area contributed by atoms with Crippen molar-refractivity contribution in [3.8, 4) is 0 Å². The molecule has 4 rings (SSSR count). The Kier molecular flexibility index (Phi) is 7.21. The predicted octanol–water partition coefficient (Wildman–Crippen LogP) is 2.83. The molecule has 0 spiro atoms. The summed E-state index contributed by atoms with van der Waals surface area (Å²) in [5.41, 5.74) is 2.00. The van der Waals surface area contributed by atoms with Gasteiger partial charge in [0.05, 0.1) is 12.1 Å². The lowest BCUT2D eigenvalue weighted by Crippen LogP contribution is -2.44. The van der Waals surface area contributed by atoms with Crippen LogP contribution in [0.1, 0.15) is 29.3 Å². The zero-order chi connectivity index (χ0) is 24.8. The number of Topliss-reactive ketones (excluding diaryl/α,β-unsaturated/α-hetero) is 1. The Bertz CT molecular complexity index is 1400. The first-order valence-corrected chi connectivity index (χ1v) is 11.3. The van der Waals surface area contributed by atoms with Crippen LogP contribution in [0.25, 0.3) is 21.7 Å². The normalized spacial score (nSPS) is 11.7. The summed E-state index contributed by atoms with van der Waals surface area (Å²) in [5.74, 6) is -2.29. The molecule has 3 aromatic carbocycles. The van der Waals surface area contributed by atoms with E-state index in [1.807, 2.05) is 48.5 Å². The number of benzene rings is 3. The number of carbonyl (C=O) groups is 4. The van der Waals surface area contributed by atoms with Crippen molar-refractivity contribution in [1.29, 1.82) is 0 Å². The summed E-state index contributed by atoms with van der Waals surface area (Å²) >= 11 is 0. The summed E-state index contributed by atoms with van der Waals surface area (Å²) in [4.78, 5) is 52.2. The van der Waals surface area contributed by atoms with Crippen molar-refractivity contribution in [3.63, 3.8) is 0 Å². The van der Waals surface area contributed by atoms with Crippen LogP contribution in [0, 0.1) is 0 Å². The first-order valence-electron chi connectivity index (χ1n) is 11.3. The number of amides is 3. The average molecular weight is 471 g/mol. The largest absolute Gasteiger partial charge is 0.360 e. The van der Waals surface area contributed by atoms with E-state index in [-0.39, 0.29) is 24.4 Å². The highest BCUT2D eigenvalue weighted by molar-refractivity contribution is 6.45. The van der Waals surface area contributed by atoms with E-state index in [4.69, 9.17) is 0 Å². The van der Waals surface area contributed by atoms with E-state index in [2.05, 4.69) is 20.9 Å². The molecule has 1 atom stereocenters. The molecule has 4 aromatic rings. The van der Waals surface area contributed by atoms with Gasteiger partial charge in [-0.25, -0.2) is 0 Å². The molecule has 0 bridgehead atoms. The molecule has 178 valence electrons. The smallest absolute Gasteiger partial charge is 0.292 e. The van der Waals surface area contributed by atoms with Gasteiger partial charge in [-0.1, -0.05) is 60.7 Å². The summed E-state index contributed by atoms with van der Waals surface area (Å²) in [7, 11) is 0. The maximum Gasteiger partial charge on any atom is 0.292 e. The molecule has 8 heteroatoms. The Labute approximate surface area is 202 Å². The molecule has 1 heterocycles. The maximum absolute atomic E-state index is 12.5. The van der Waals surface area contributed by atoms with Crippen molar-refractivity contribution in [3.05, 3.63) is 84.1 Å². The third-order valence-electron chi connectivity index (χ3n) is 5.70. The fourth-order valence-electron chi connectivity index (χ4n) is 3.99. The quantitative estimate of drug-likeness (QED) is 0.222. The molecule has 0 saturated carbocycles. The van der Waals surface area contributed by atoms with Crippen LogP contribution in [0.5, 0.6) is 0 Å². The number of para-hydroxylation sites is 1. The molecule has 3 amide bonds. The lowest BCUT2D eigenvalue weighted by molar-refractivity contribution is -0.125. The Morgan fingerprint density at radius 2 is 1.54 bits per heavy atom. The fraction of sp³-hybridized carbons (Fsp3) is 0.185. The second-order valence-electron chi connectivity index (χ2n) is 8.35. The summed E-state index contributed by atoms with van der Waals surface area (Å²) in [6, 6.07) is 20.6. The molecule has 0 aliphatic carbocycles. The van der Waals surface area contributed by atoms with Crippen LogP contribution >= 0.6 is 0 Å². The van der Waals surface area contributed by atoms with Gasteiger partial charge in [0, 0.05) is 36.1 Å². The first kappa shape index (κ1) is 23.7. The molecule has 0 aliphatic rings. The van der Waals surface area contributed by atoms with E-state index in [1.54, 1.807) is 25.1 Å². The monoisotopic (exact) mass is 470 g/mol. The molecule has 0 radical (unpaired) electrons. The first-order chi connectivity index (χ1) is 16.9. The SMILES string of the molecule is CC(CC(=O)NCc1cccc2ccccc12)NC(=O)CNC(=O)C(=O)c1c[nH]c2ccccc12. The van der Waals surface area contributed by atoms with Crippen LogP contribution in [0.15, 0.2) is 72.9 Å². The van der Waals surface area contributed by atoms with Crippen LogP contribution < -0.4 is 16.0 Å².